The predicted molar refractivity (Wildman–Crippen MR) is 88.2 cm³/mol. The fourth-order valence-electron chi connectivity index (χ4n) is 1.97. The van der Waals surface area contributed by atoms with Crippen molar-refractivity contribution in [3.8, 4) is 5.75 Å². The van der Waals surface area contributed by atoms with Crippen LogP contribution in [0.3, 0.4) is 0 Å². The normalized spacial score (nSPS) is 11.0. The highest BCUT2D eigenvalue weighted by Crippen LogP contribution is 2.10. The minimum atomic E-state index is -3.17. The molecule has 0 radical (unpaired) electrons. The SMILES string of the molecule is CS(=O)(=O)c1ccc(CCNC(=O)COc2ccccc2)cc1. The molecule has 0 bridgehead atoms. The third kappa shape index (κ3) is 5.75. The van der Waals surface area contributed by atoms with Gasteiger partial charge >= 0.3 is 0 Å². The van der Waals surface area contributed by atoms with Crippen LogP contribution in [0.25, 0.3) is 0 Å². The van der Waals surface area contributed by atoms with Gasteiger partial charge in [0, 0.05) is 12.8 Å². The summed E-state index contributed by atoms with van der Waals surface area (Å²) in [7, 11) is -3.17. The van der Waals surface area contributed by atoms with Gasteiger partial charge in [0.1, 0.15) is 5.75 Å². The highest BCUT2D eigenvalue weighted by molar-refractivity contribution is 7.90. The van der Waals surface area contributed by atoms with Gasteiger partial charge in [0.15, 0.2) is 16.4 Å². The summed E-state index contributed by atoms with van der Waals surface area (Å²) in [5, 5.41) is 2.76. The molecule has 2 aromatic carbocycles. The highest BCUT2D eigenvalue weighted by Gasteiger charge is 2.06. The maximum absolute atomic E-state index is 11.7. The van der Waals surface area contributed by atoms with E-state index < -0.39 is 9.84 Å². The lowest BCUT2D eigenvalue weighted by atomic mass is 10.1. The molecule has 1 N–H and O–H groups in total. The summed E-state index contributed by atoms with van der Waals surface area (Å²) in [6, 6.07) is 15.8. The molecular weight excluding hydrogens is 314 g/mol. The first-order valence-electron chi connectivity index (χ1n) is 7.19. The number of carbonyl (C=O) groups excluding carboxylic acids is 1. The van der Waals surface area contributed by atoms with Gasteiger partial charge in [-0.1, -0.05) is 30.3 Å². The summed E-state index contributed by atoms with van der Waals surface area (Å²) < 4.78 is 28.1. The van der Waals surface area contributed by atoms with Crippen molar-refractivity contribution in [1.82, 2.24) is 5.32 Å². The molecule has 0 saturated carbocycles. The second-order valence-corrected chi connectivity index (χ2v) is 7.13. The van der Waals surface area contributed by atoms with Gasteiger partial charge in [0.2, 0.25) is 0 Å². The predicted octanol–water partition coefficient (Wildman–Crippen LogP) is 1.83. The molecular formula is C17H19NO4S. The topological polar surface area (TPSA) is 72.5 Å². The van der Waals surface area contributed by atoms with Gasteiger partial charge in [0.05, 0.1) is 4.90 Å². The van der Waals surface area contributed by atoms with E-state index in [0.717, 1.165) is 5.56 Å². The minimum Gasteiger partial charge on any atom is -0.484 e. The van der Waals surface area contributed by atoms with E-state index in [4.69, 9.17) is 4.74 Å². The standard InChI is InChI=1S/C17H19NO4S/c1-23(20,21)16-9-7-14(8-10-16)11-12-18-17(19)13-22-15-5-3-2-4-6-15/h2-10H,11-13H2,1H3,(H,18,19). The average Bonchev–Trinajstić information content (AvgIpc) is 2.53. The lowest BCUT2D eigenvalue weighted by Crippen LogP contribution is -2.30. The van der Waals surface area contributed by atoms with Gasteiger partial charge in [-0.3, -0.25) is 4.79 Å². The Morgan fingerprint density at radius 3 is 2.30 bits per heavy atom. The number of benzene rings is 2. The number of amides is 1. The van der Waals surface area contributed by atoms with E-state index in [1.165, 1.54) is 6.26 Å². The molecule has 0 atom stereocenters. The van der Waals surface area contributed by atoms with Crippen LogP contribution >= 0.6 is 0 Å². The Bertz CT molecular complexity index is 740. The molecule has 5 nitrogen and oxygen atoms in total. The summed E-state index contributed by atoms with van der Waals surface area (Å²) in [5.41, 5.74) is 0.960. The molecule has 0 spiro atoms. The third-order valence-corrected chi connectivity index (χ3v) is 4.33. The Kier molecular flexibility index (Phi) is 5.76. The van der Waals surface area contributed by atoms with Crippen molar-refractivity contribution >= 4 is 15.7 Å². The monoisotopic (exact) mass is 333 g/mol. The van der Waals surface area contributed by atoms with Crippen LogP contribution in [0, 0.1) is 0 Å². The van der Waals surface area contributed by atoms with Crippen LogP contribution < -0.4 is 10.1 Å². The van der Waals surface area contributed by atoms with Gasteiger partial charge in [-0.2, -0.15) is 0 Å². The molecule has 6 heteroatoms. The van der Waals surface area contributed by atoms with Crippen molar-refractivity contribution in [2.45, 2.75) is 11.3 Å². The Labute approximate surface area is 136 Å². The first-order valence-corrected chi connectivity index (χ1v) is 9.08. The number of para-hydroxylation sites is 1. The molecule has 0 saturated heterocycles. The van der Waals surface area contributed by atoms with Crippen molar-refractivity contribution in [2.24, 2.45) is 0 Å². The Morgan fingerprint density at radius 2 is 1.70 bits per heavy atom. The lowest BCUT2D eigenvalue weighted by Gasteiger charge is -2.08. The largest absolute Gasteiger partial charge is 0.484 e. The van der Waals surface area contributed by atoms with E-state index in [1.807, 2.05) is 18.2 Å². The van der Waals surface area contributed by atoms with Crippen LogP contribution in [0.2, 0.25) is 0 Å². The van der Waals surface area contributed by atoms with Crippen LogP contribution in [-0.4, -0.2) is 33.7 Å². The van der Waals surface area contributed by atoms with Crippen LogP contribution in [0.4, 0.5) is 0 Å². The molecule has 2 aromatic rings. The zero-order valence-electron chi connectivity index (χ0n) is 12.9. The van der Waals surface area contributed by atoms with Gasteiger partial charge in [-0.25, -0.2) is 8.42 Å². The summed E-state index contributed by atoms with van der Waals surface area (Å²) in [5.74, 6) is 0.459. The summed E-state index contributed by atoms with van der Waals surface area (Å²) >= 11 is 0. The number of rotatable bonds is 7. The summed E-state index contributed by atoms with van der Waals surface area (Å²) in [4.78, 5) is 12.0. The van der Waals surface area contributed by atoms with Gasteiger partial charge in [-0.05, 0) is 36.2 Å². The number of hydrogen-bond acceptors (Lipinski definition) is 4. The first-order chi connectivity index (χ1) is 10.9. The molecule has 0 heterocycles. The molecule has 0 aliphatic carbocycles. The number of carbonyl (C=O) groups is 1. The van der Waals surface area contributed by atoms with Crippen LogP contribution in [0.1, 0.15) is 5.56 Å². The molecule has 0 aliphatic rings. The Balaban J connectivity index is 1.73. The highest BCUT2D eigenvalue weighted by atomic mass is 32.2. The number of ether oxygens (including phenoxy) is 1. The van der Waals surface area contributed by atoms with Crippen molar-refractivity contribution in [1.29, 1.82) is 0 Å². The molecule has 0 aromatic heterocycles. The Hall–Kier alpha value is -2.34. The maximum atomic E-state index is 11.7. The third-order valence-electron chi connectivity index (χ3n) is 3.20. The number of sulfone groups is 1. The van der Waals surface area contributed by atoms with Crippen LogP contribution in [0.15, 0.2) is 59.5 Å². The Morgan fingerprint density at radius 1 is 1.04 bits per heavy atom. The van der Waals surface area contributed by atoms with Crippen molar-refractivity contribution in [3.05, 3.63) is 60.2 Å². The van der Waals surface area contributed by atoms with E-state index in [9.17, 15) is 13.2 Å². The first kappa shape index (κ1) is 17.0. The zero-order chi connectivity index (χ0) is 16.7. The fourth-order valence-corrected chi connectivity index (χ4v) is 2.60. The summed E-state index contributed by atoms with van der Waals surface area (Å²) in [6.45, 7) is 0.437. The molecule has 2 rings (SSSR count). The van der Waals surface area contributed by atoms with Crippen molar-refractivity contribution in [3.63, 3.8) is 0 Å². The molecule has 0 aliphatic heterocycles. The van der Waals surface area contributed by atoms with Crippen molar-refractivity contribution in [2.75, 3.05) is 19.4 Å². The van der Waals surface area contributed by atoms with Crippen molar-refractivity contribution < 1.29 is 17.9 Å². The average molecular weight is 333 g/mol. The van der Waals surface area contributed by atoms with E-state index >= 15 is 0 Å². The molecule has 0 fully saturated rings. The van der Waals surface area contributed by atoms with Gasteiger partial charge in [-0.15, -0.1) is 0 Å². The van der Waals surface area contributed by atoms with Gasteiger partial charge in [0.25, 0.3) is 5.91 Å². The van der Waals surface area contributed by atoms with Crippen LogP contribution in [-0.2, 0) is 21.1 Å². The zero-order valence-corrected chi connectivity index (χ0v) is 13.7. The minimum absolute atomic E-state index is 0.0307. The van der Waals surface area contributed by atoms with E-state index in [-0.39, 0.29) is 12.5 Å². The lowest BCUT2D eigenvalue weighted by molar-refractivity contribution is -0.123. The fraction of sp³-hybridized carbons (Fsp3) is 0.235. The second-order valence-electron chi connectivity index (χ2n) is 5.12. The quantitative estimate of drug-likeness (QED) is 0.839. The number of nitrogens with one attached hydrogen (secondary N) is 1. The molecule has 1 amide bonds. The second kappa shape index (κ2) is 7.78. The molecule has 122 valence electrons. The smallest absolute Gasteiger partial charge is 0.257 e. The van der Waals surface area contributed by atoms with Crippen LogP contribution in [0.5, 0.6) is 5.75 Å². The van der Waals surface area contributed by atoms with E-state index in [1.54, 1.807) is 36.4 Å². The molecule has 23 heavy (non-hydrogen) atoms. The number of hydrogen-bond donors (Lipinski definition) is 1. The summed E-state index contributed by atoms with van der Waals surface area (Å²) in [6.07, 6.45) is 1.80. The van der Waals surface area contributed by atoms with E-state index in [0.29, 0.717) is 23.6 Å². The maximum Gasteiger partial charge on any atom is 0.257 e. The van der Waals surface area contributed by atoms with Gasteiger partial charge < -0.3 is 10.1 Å². The van der Waals surface area contributed by atoms with E-state index in [2.05, 4.69) is 5.32 Å². The molecule has 0 unspecified atom stereocenters.